The third-order valence-electron chi connectivity index (χ3n) is 7.96. The summed E-state index contributed by atoms with van der Waals surface area (Å²) in [6.07, 6.45) is 11.3. The molecule has 5 nitrogen and oxygen atoms in total. The highest BCUT2D eigenvalue weighted by Gasteiger charge is 2.61. The minimum atomic E-state index is -3.28. The van der Waals surface area contributed by atoms with Crippen LogP contribution in [0.25, 0.3) is 0 Å². The summed E-state index contributed by atoms with van der Waals surface area (Å²) >= 11 is 31.2. The first-order valence-corrected chi connectivity index (χ1v) is 20.2. The first kappa shape index (κ1) is 25.3. The highest BCUT2D eigenvalue weighted by atomic mass is 35.9. The number of halogens is 5. The first-order valence-electron chi connectivity index (χ1n) is 10.7. The van der Waals surface area contributed by atoms with E-state index in [0.717, 1.165) is 32.1 Å². The average molecular weight is 608 g/mol. The Bertz CT molecular complexity index is 1230. The monoisotopic (exact) mass is 605 g/mol. The second-order valence-corrected chi connectivity index (χ2v) is 22.6. The maximum absolute atomic E-state index is 11.1. The van der Waals surface area contributed by atoms with Crippen molar-refractivity contribution in [2.75, 3.05) is 0 Å². The van der Waals surface area contributed by atoms with Crippen LogP contribution in [0.2, 0.25) is 0 Å². The SMILES string of the molecule is C#C[C@]1(O)CC[C@H]2[C@@H]3CCc4cc(OP5(Cl)=NP(Cl)(Cl)=NP(Cl)(Cl)=N5)ccc4[C@H]3CC[C@@]21C. The molecule has 2 saturated carbocycles. The normalized spacial score (nSPS) is 42.3. The van der Waals surface area contributed by atoms with Gasteiger partial charge in [0.1, 0.15) is 11.4 Å². The Hall–Kier alpha value is 0.680. The molecule has 0 radical (unpaired) electrons. The molecule has 1 N–H and O–H groups in total. The van der Waals surface area contributed by atoms with Gasteiger partial charge in [0, 0.05) is 5.41 Å². The molecule has 0 amide bonds. The number of fused-ring (bicyclic) bond motifs is 5. The van der Waals surface area contributed by atoms with Crippen LogP contribution in [0.15, 0.2) is 31.7 Å². The summed E-state index contributed by atoms with van der Waals surface area (Å²) in [6.45, 7) is -1.09. The van der Waals surface area contributed by atoms with Gasteiger partial charge in [0.2, 0.25) is 0 Å². The molecular weight excluding hydrogens is 584 g/mol. The fourth-order valence-electron chi connectivity index (χ4n) is 6.49. The summed E-state index contributed by atoms with van der Waals surface area (Å²) in [6, 6.07) is 5.99. The van der Waals surface area contributed by atoms with Crippen LogP contribution in [0, 0.1) is 29.6 Å². The van der Waals surface area contributed by atoms with E-state index in [-0.39, 0.29) is 5.41 Å². The van der Waals surface area contributed by atoms with Crippen LogP contribution >= 0.6 is 74.8 Å². The second kappa shape index (κ2) is 8.35. The Morgan fingerprint density at radius 2 is 1.79 bits per heavy atom. The van der Waals surface area contributed by atoms with E-state index in [1.165, 1.54) is 11.1 Å². The zero-order valence-corrected chi connectivity index (χ0v) is 24.2. The van der Waals surface area contributed by atoms with E-state index in [1.54, 1.807) is 0 Å². The summed E-state index contributed by atoms with van der Waals surface area (Å²) < 4.78 is 18.2. The molecular formula is C20H23Cl5N3O2P3. The van der Waals surface area contributed by atoms with Crippen molar-refractivity contribution < 1.29 is 9.63 Å². The van der Waals surface area contributed by atoms with Crippen LogP contribution in [0.1, 0.15) is 56.1 Å². The van der Waals surface area contributed by atoms with E-state index in [9.17, 15) is 5.11 Å². The molecule has 1 aliphatic heterocycles. The zero-order valence-electron chi connectivity index (χ0n) is 17.7. The molecule has 4 aliphatic rings. The summed E-state index contributed by atoms with van der Waals surface area (Å²) in [7, 11) is 0. The van der Waals surface area contributed by atoms with Crippen molar-refractivity contribution in [2.24, 2.45) is 30.8 Å². The highest BCUT2D eigenvalue weighted by Crippen LogP contribution is 2.86. The lowest BCUT2D eigenvalue weighted by Crippen LogP contribution is -2.50. The summed E-state index contributed by atoms with van der Waals surface area (Å²) in [5, 5.41) is 11.1. The Kier molecular flexibility index (Phi) is 6.41. The molecule has 1 heterocycles. The molecule has 2 fully saturated rings. The van der Waals surface area contributed by atoms with E-state index in [2.05, 4.69) is 32.5 Å². The Morgan fingerprint density at radius 1 is 1.06 bits per heavy atom. The zero-order chi connectivity index (χ0) is 23.9. The smallest absolute Gasteiger partial charge is 0.350 e. The molecule has 0 aromatic heterocycles. The van der Waals surface area contributed by atoms with Crippen molar-refractivity contribution >= 4 is 74.8 Å². The number of hydrogen-bond acceptors (Lipinski definition) is 5. The molecule has 1 aromatic carbocycles. The molecule has 5 rings (SSSR count). The molecule has 6 atom stereocenters. The quantitative estimate of drug-likeness (QED) is 0.269. The van der Waals surface area contributed by atoms with E-state index >= 15 is 0 Å². The number of terminal acetylenes is 1. The van der Waals surface area contributed by atoms with Crippen molar-refractivity contribution in [3.8, 4) is 18.1 Å². The minimum Gasteiger partial charge on any atom is -0.431 e. The maximum atomic E-state index is 11.1. The van der Waals surface area contributed by atoms with E-state index in [1.807, 2.05) is 12.1 Å². The topological polar surface area (TPSA) is 66.5 Å². The standard InChI is InChI=1S/C20H23Cl5N3O2P3/c1-3-20(29)11-9-18-17-6-4-13-12-14(5-7-15(13)16(17)8-10-19(18,20)2)30-33(25)27-31(21,22)26-32(23,24)28-33/h1,5,7,12,16-18,29H,4,6,8-11H2,2H3/t16-,17-,18+,19+,20+/m1/s1. The maximum Gasteiger partial charge on any atom is 0.350 e. The third kappa shape index (κ3) is 4.39. The van der Waals surface area contributed by atoms with E-state index in [4.69, 9.17) is 67.2 Å². The van der Waals surface area contributed by atoms with Gasteiger partial charge in [-0.25, -0.2) is 0 Å². The van der Waals surface area contributed by atoms with Crippen LogP contribution in [-0.4, -0.2) is 10.7 Å². The van der Waals surface area contributed by atoms with Crippen molar-refractivity contribution in [3.63, 3.8) is 0 Å². The lowest BCUT2D eigenvalue weighted by molar-refractivity contribution is -0.0646. The Balaban J connectivity index is 1.43. The van der Waals surface area contributed by atoms with Gasteiger partial charge in [0.25, 0.3) is 11.8 Å². The molecule has 0 spiro atoms. The van der Waals surface area contributed by atoms with Gasteiger partial charge < -0.3 is 9.63 Å². The van der Waals surface area contributed by atoms with Crippen LogP contribution in [-0.2, 0) is 6.42 Å². The fourth-order valence-corrected chi connectivity index (χ4v) is 23.0. The third-order valence-corrected chi connectivity index (χ3v) is 19.9. The van der Waals surface area contributed by atoms with Gasteiger partial charge in [-0.1, -0.05) is 18.9 Å². The molecule has 13 heteroatoms. The highest BCUT2D eigenvalue weighted by molar-refractivity contribution is 8.22. The predicted molar refractivity (Wildman–Crippen MR) is 143 cm³/mol. The van der Waals surface area contributed by atoms with Gasteiger partial charge in [-0.2, -0.15) is 13.5 Å². The average Bonchev–Trinajstić information content (AvgIpc) is 2.96. The lowest BCUT2D eigenvalue weighted by Gasteiger charge is -2.52. The van der Waals surface area contributed by atoms with Crippen LogP contribution in [0.4, 0.5) is 0 Å². The van der Waals surface area contributed by atoms with Crippen molar-refractivity contribution in [1.82, 2.24) is 0 Å². The molecule has 0 bridgehead atoms. The number of aliphatic hydroxyl groups is 1. The van der Waals surface area contributed by atoms with Gasteiger partial charge >= 0.3 is 6.78 Å². The van der Waals surface area contributed by atoms with Crippen molar-refractivity contribution in [3.05, 3.63) is 29.3 Å². The van der Waals surface area contributed by atoms with Crippen LogP contribution in [0.5, 0.6) is 5.75 Å². The van der Waals surface area contributed by atoms with Crippen LogP contribution in [0.3, 0.4) is 0 Å². The largest absolute Gasteiger partial charge is 0.431 e. The first-order chi connectivity index (χ1) is 15.3. The number of benzene rings is 1. The molecule has 0 saturated heterocycles. The number of nitrogens with zero attached hydrogens (tertiary/aromatic N) is 3. The number of rotatable bonds is 2. The molecule has 180 valence electrons. The predicted octanol–water partition coefficient (Wildman–Crippen LogP) is 10.3. The second-order valence-electron chi connectivity index (χ2n) is 9.52. The van der Waals surface area contributed by atoms with Crippen molar-refractivity contribution in [1.29, 1.82) is 0 Å². The van der Waals surface area contributed by atoms with Gasteiger partial charge in [0.05, 0.1) is 0 Å². The summed E-state index contributed by atoms with van der Waals surface area (Å²) in [5.41, 5.74) is 1.34. The summed E-state index contributed by atoms with van der Waals surface area (Å²) in [5.74, 6) is -1.64. The molecule has 1 unspecified atom stereocenters. The van der Waals surface area contributed by atoms with Gasteiger partial charge in [-0.15, -0.1) is 6.42 Å². The fraction of sp³-hybridized carbons (Fsp3) is 0.600. The Morgan fingerprint density at radius 3 is 2.48 bits per heavy atom. The Labute approximate surface area is 218 Å². The van der Waals surface area contributed by atoms with Gasteiger partial charge in [-0.3, -0.25) is 0 Å². The van der Waals surface area contributed by atoms with Gasteiger partial charge in [-0.05, 0) is 136 Å². The molecule has 1 aromatic rings. The molecule has 3 aliphatic carbocycles. The van der Waals surface area contributed by atoms with Crippen molar-refractivity contribution in [2.45, 2.75) is 57.0 Å². The molecule has 33 heavy (non-hydrogen) atoms. The minimum absolute atomic E-state index is 0.217. The number of aryl methyl sites for hydroxylation is 1. The van der Waals surface area contributed by atoms with E-state index in [0.29, 0.717) is 29.9 Å². The van der Waals surface area contributed by atoms with Gasteiger partial charge in [0.15, 0.2) is 0 Å². The number of hydrogen-bond donors (Lipinski definition) is 1. The van der Waals surface area contributed by atoms with Crippen LogP contribution < -0.4 is 4.52 Å². The summed E-state index contributed by atoms with van der Waals surface area (Å²) in [4.78, 5) is 0. The lowest BCUT2D eigenvalue weighted by atomic mass is 9.53. The van der Waals surface area contributed by atoms with E-state index < -0.39 is 24.2 Å².